The lowest BCUT2D eigenvalue weighted by molar-refractivity contribution is -0.118. The maximum atomic E-state index is 12.1. The largest absolute Gasteiger partial charge is 0.483 e. The van der Waals surface area contributed by atoms with E-state index in [-0.39, 0.29) is 12.5 Å². The minimum atomic E-state index is -0.204. The van der Waals surface area contributed by atoms with Crippen molar-refractivity contribution in [2.24, 2.45) is 0 Å². The molecule has 3 aromatic rings. The fourth-order valence-electron chi connectivity index (χ4n) is 2.47. The zero-order valence-electron chi connectivity index (χ0n) is 14.0. The second-order valence-corrected chi connectivity index (χ2v) is 7.05. The Balaban J connectivity index is 1.65. The average molecular weight is 340 g/mol. The molecule has 0 saturated carbocycles. The quantitative estimate of drug-likeness (QED) is 0.729. The number of carbonyl (C=O) groups is 1. The van der Waals surface area contributed by atoms with Gasteiger partial charge in [0.15, 0.2) is 11.7 Å². The molecule has 0 aliphatic rings. The molecule has 3 rings (SSSR count). The number of anilines is 1. The van der Waals surface area contributed by atoms with Crippen molar-refractivity contribution in [3.63, 3.8) is 0 Å². The number of thiazole rings is 1. The van der Waals surface area contributed by atoms with Gasteiger partial charge in [0.2, 0.25) is 0 Å². The van der Waals surface area contributed by atoms with Gasteiger partial charge in [-0.2, -0.15) is 0 Å². The number of ether oxygens (including phenoxy) is 1. The number of amides is 1. The van der Waals surface area contributed by atoms with E-state index in [1.807, 2.05) is 43.3 Å². The molecule has 0 atom stereocenters. The van der Waals surface area contributed by atoms with Gasteiger partial charge in [-0.05, 0) is 42.2 Å². The smallest absolute Gasteiger partial charge is 0.264 e. The predicted molar refractivity (Wildman–Crippen MR) is 99.0 cm³/mol. The molecule has 0 radical (unpaired) electrons. The highest BCUT2D eigenvalue weighted by molar-refractivity contribution is 7.22. The summed E-state index contributed by atoms with van der Waals surface area (Å²) in [5.74, 6) is 0.892. The Labute approximate surface area is 145 Å². The number of rotatable bonds is 5. The van der Waals surface area contributed by atoms with Crippen LogP contribution in [0.2, 0.25) is 0 Å². The van der Waals surface area contributed by atoms with Crippen LogP contribution in [0.15, 0.2) is 42.5 Å². The zero-order valence-corrected chi connectivity index (χ0v) is 14.8. The standard InChI is InChI=1S/C19H20N2O2S/c1-12(2)14-6-4-5-7-16(14)23-11-18(22)21-19-20-15-9-8-13(3)10-17(15)24-19/h4-10,12H,11H2,1-3H3,(H,20,21,22). The van der Waals surface area contributed by atoms with Crippen LogP contribution in [0.3, 0.4) is 0 Å². The van der Waals surface area contributed by atoms with Crippen LogP contribution in [0.4, 0.5) is 5.13 Å². The van der Waals surface area contributed by atoms with Gasteiger partial charge >= 0.3 is 0 Å². The fourth-order valence-corrected chi connectivity index (χ4v) is 3.45. The van der Waals surface area contributed by atoms with E-state index >= 15 is 0 Å². The van der Waals surface area contributed by atoms with Crippen molar-refractivity contribution < 1.29 is 9.53 Å². The van der Waals surface area contributed by atoms with Crippen molar-refractivity contribution in [3.05, 3.63) is 53.6 Å². The topological polar surface area (TPSA) is 51.2 Å². The van der Waals surface area contributed by atoms with Crippen molar-refractivity contribution in [3.8, 4) is 5.75 Å². The number of hydrogen-bond acceptors (Lipinski definition) is 4. The summed E-state index contributed by atoms with van der Waals surface area (Å²) in [5.41, 5.74) is 3.17. The maximum absolute atomic E-state index is 12.1. The van der Waals surface area contributed by atoms with Crippen molar-refractivity contribution in [1.29, 1.82) is 0 Å². The van der Waals surface area contributed by atoms with Gasteiger partial charge in [-0.1, -0.05) is 49.4 Å². The monoisotopic (exact) mass is 340 g/mol. The minimum Gasteiger partial charge on any atom is -0.483 e. The van der Waals surface area contributed by atoms with E-state index in [1.54, 1.807) is 0 Å². The Bertz CT molecular complexity index is 871. The highest BCUT2D eigenvalue weighted by Gasteiger charge is 2.11. The second-order valence-electron chi connectivity index (χ2n) is 6.02. The molecule has 1 aromatic heterocycles. The lowest BCUT2D eigenvalue weighted by atomic mass is 10.0. The Kier molecular flexibility index (Phi) is 4.81. The van der Waals surface area contributed by atoms with E-state index in [2.05, 4.69) is 30.2 Å². The van der Waals surface area contributed by atoms with Gasteiger partial charge in [-0.25, -0.2) is 4.98 Å². The summed E-state index contributed by atoms with van der Waals surface area (Å²) in [6.07, 6.45) is 0. The Morgan fingerprint density at radius 3 is 2.83 bits per heavy atom. The summed E-state index contributed by atoms with van der Waals surface area (Å²) in [4.78, 5) is 16.6. The van der Waals surface area contributed by atoms with Gasteiger partial charge in [0.05, 0.1) is 10.2 Å². The highest BCUT2D eigenvalue weighted by atomic mass is 32.1. The molecule has 5 heteroatoms. The number of benzene rings is 2. The SMILES string of the molecule is Cc1ccc2nc(NC(=O)COc3ccccc3C(C)C)sc2c1. The normalized spacial score (nSPS) is 11.0. The highest BCUT2D eigenvalue weighted by Crippen LogP contribution is 2.27. The predicted octanol–water partition coefficient (Wildman–Crippen LogP) is 4.75. The van der Waals surface area contributed by atoms with Gasteiger partial charge in [0, 0.05) is 0 Å². The summed E-state index contributed by atoms with van der Waals surface area (Å²) in [7, 11) is 0. The van der Waals surface area contributed by atoms with Crippen LogP contribution in [-0.4, -0.2) is 17.5 Å². The molecule has 1 amide bonds. The third-order valence-corrected chi connectivity index (χ3v) is 4.62. The summed E-state index contributed by atoms with van der Waals surface area (Å²) in [5, 5.41) is 3.41. The number of para-hydroxylation sites is 1. The van der Waals surface area contributed by atoms with Crippen molar-refractivity contribution in [1.82, 2.24) is 4.98 Å². The number of aromatic nitrogens is 1. The molecule has 0 aliphatic heterocycles. The molecule has 0 spiro atoms. The molecule has 0 fully saturated rings. The van der Waals surface area contributed by atoms with Gasteiger partial charge in [0.1, 0.15) is 5.75 Å². The van der Waals surface area contributed by atoms with E-state index < -0.39 is 0 Å². The third kappa shape index (κ3) is 3.74. The number of aryl methyl sites for hydroxylation is 1. The molecule has 124 valence electrons. The number of nitrogens with one attached hydrogen (secondary N) is 1. The van der Waals surface area contributed by atoms with Gasteiger partial charge in [-0.3, -0.25) is 10.1 Å². The Morgan fingerprint density at radius 2 is 2.04 bits per heavy atom. The number of fused-ring (bicyclic) bond motifs is 1. The van der Waals surface area contributed by atoms with E-state index in [0.29, 0.717) is 11.0 Å². The number of hydrogen-bond donors (Lipinski definition) is 1. The molecule has 1 N–H and O–H groups in total. The molecule has 0 bridgehead atoms. The molecule has 24 heavy (non-hydrogen) atoms. The zero-order chi connectivity index (χ0) is 17.1. The molecule has 1 heterocycles. The molecular weight excluding hydrogens is 320 g/mol. The molecule has 0 aliphatic carbocycles. The van der Waals surface area contributed by atoms with Crippen LogP contribution >= 0.6 is 11.3 Å². The van der Waals surface area contributed by atoms with Crippen LogP contribution in [0.25, 0.3) is 10.2 Å². The second kappa shape index (κ2) is 7.01. The summed E-state index contributed by atoms with van der Waals surface area (Å²) in [6.45, 7) is 6.22. The lowest BCUT2D eigenvalue weighted by Gasteiger charge is -2.13. The molecule has 0 saturated heterocycles. The number of carbonyl (C=O) groups excluding carboxylic acids is 1. The summed E-state index contributed by atoms with van der Waals surface area (Å²) >= 11 is 1.47. The summed E-state index contributed by atoms with van der Waals surface area (Å²) in [6, 6.07) is 13.8. The summed E-state index contributed by atoms with van der Waals surface area (Å²) < 4.78 is 6.76. The van der Waals surface area contributed by atoms with Crippen molar-refractivity contribution >= 4 is 32.6 Å². The molecule has 0 unspecified atom stereocenters. The fraction of sp³-hybridized carbons (Fsp3) is 0.263. The van der Waals surface area contributed by atoms with E-state index in [1.165, 1.54) is 16.9 Å². The lowest BCUT2D eigenvalue weighted by Crippen LogP contribution is -2.20. The minimum absolute atomic E-state index is 0.0291. The third-order valence-electron chi connectivity index (χ3n) is 3.69. The van der Waals surface area contributed by atoms with Crippen LogP contribution in [0, 0.1) is 6.92 Å². The first-order valence-electron chi connectivity index (χ1n) is 7.91. The first-order chi connectivity index (χ1) is 11.5. The van der Waals surface area contributed by atoms with Crippen LogP contribution in [0.1, 0.15) is 30.9 Å². The first-order valence-corrected chi connectivity index (χ1v) is 8.73. The van der Waals surface area contributed by atoms with E-state index in [4.69, 9.17) is 4.74 Å². The van der Waals surface area contributed by atoms with Gasteiger partial charge in [-0.15, -0.1) is 0 Å². The van der Waals surface area contributed by atoms with Crippen molar-refractivity contribution in [2.75, 3.05) is 11.9 Å². The Hall–Kier alpha value is -2.40. The van der Waals surface area contributed by atoms with Gasteiger partial charge in [0.25, 0.3) is 5.91 Å². The average Bonchev–Trinajstić information content (AvgIpc) is 2.94. The maximum Gasteiger partial charge on any atom is 0.264 e. The molecular formula is C19H20N2O2S. The van der Waals surface area contributed by atoms with Crippen LogP contribution < -0.4 is 10.1 Å². The van der Waals surface area contributed by atoms with Crippen molar-refractivity contribution in [2.45, 2.75) is 26.7 Å². The van der Waals surface area contributed by atoms with Crippen LogP contribution in [-0.2, 0) is 4.79 Å². The first kappa shape index (κ1) is 16.5. The number of nitrogens with zero attached hydrogens (tertiary/aromatic N) is 1. The van der Waals surface area contributed by atoms with Crippen LogP contribution in [0.5, 0.6) is 5.75 Å². The molecule has 4 nitrogen and oxygen atoms in total. The van der Waals surface area contributed by atoms with E-state index in [0.717, 1.165) is 21.5 Å². The Morgan fingerprint density at radius 1 is 1.25 bits per heavy atom. The van der Waals surface area contributed by atoms with E-state index in [9.17, 15) is 4.79 Å². The molecule has 2 aromatic carbocycles. The van der Waals surface area contributed by atoms with Gasteiger partial charge < -0.3 is 4.74 Å².